The Morgan fingerprint density at radius 1 is 1.06 bits per heavy atom. The van der Waals surface area contributed by atoms with Crippen molar-refractivity contribution in [2.45, 2.75) is 6.92 Å². The molecule has 0 aliphatic heterocycles. The molecule has 5 aromatic rings. The minimum Gasteiger partial charge on any atom is -0.438 e. The number of nitrogens with zero attached hydrogens (tertiary/aromatic N) is 4. The summed E-state index contributed by atoms with van der Waals surface area (Å²) in [6, 6.07) is 15.3. The molecule has 0 radical (unpaired) electrons. The van der Waals surface area contributed by atoms with Crippen LogP contribution in [0.5, 0.6) is 11.6 Å². The second-order valence-electron chi connectivity index (χ2n) is 7.30. The fraction of sp³-hybridized carbons (Fsp3) is 0.0417. The molecule has 2 aromatic carbocycles. The molecule has 3 heterocycles. The van der Waals surface area contributed by atoms with Crippen LogP contribution in [0.4, 0.5) is 10.1 Å². The van der Waals surface area contributed by atoms with Crippen molar-refractivity contribution in [3.05, 3.63) is 99.8 Å². The molecule has 10 heteroatoms. The average molecular weight is 473 g/mol. The van der Waals surface area contributed by atoms with Crippen molar-refractivity contribution in [1.82, 2.24) is 19.7 Å². The Balaban J connectivity index is 1.35. The molecule has 1 N–H and O–H groups in total. The molecule has 0 atom stereocenters. The summed E-state index contributed by atoms with van der Waals surface area (Å²) in [6.45, 7) is 1.63. The molecule has 168 valence electrons. The van der Waals surface area contributed by atoms with Crippen LogP contribution < -0.4 is 15.6 Å². The summed E-state index contributed by atoms with van der Waals surface area (Å²) >= 11 is 1.50. The Hall–Kier alpha value is -4.44. The average Bonchev–Trinajstić information content (AvgIpc) is 3.31. The number of carbonyl (C=O) groups is 1. The minimum absolute atomic E-state index is 0.0742. The van der Waals surface area contributed by atoms with E-state index in [0.29, 0.717) is 28.6 Å². The van der Waals surface area contributed by atoms with Crippen LogP contribution >= 0.6 is 11.3 Å². The molecule has 0 bridgehead atoms. The van der Waals surface area contributed by atoms with E-state index >= 15 is 0 Å². The lowest BCUT2D eigenvalue weighted by Crippen LogP contribution is -2.26. The number of halogens is 1. The molecule has 0 aliphatic carbocycles. The summed E-state index contributed by atoms with van der Waals surface area (Å²) in [5.74, 6) is 0.0702. The lowest BCUT2D eigenvalue weighted by atomic mass is 10.2. The Bertz CT molecular complexity index is 1560. The van der Waals surface area contributed by atoms with Gasteiger partial charge in [0.1, 0.15) is 22.7 Å². The molecule has 34 heavy (non-hydrogen) atoms. The second kappa shape index (κ2) is 8.83. The van der Waals surface area contributed by atoms with Crippen LogP contribution in [0.3, 0.4) is 0 Å². The highest BCUT2D eigenvalue weighted by molar-refractivity contribution is 7.16. The molecule has 1 amide bonds. The van der Waals surface area contributed by atoms with E-state index in [-0.39, 0.29) is 5.69 Å². The first-order chi connectivity index (χ1) is 16.5. The van der Waals surface area contributed by atoms with E-state index in [1.165, 1.54) is 48.0 Å². The van der Waals surface area contributed by atoms with Crippen molar-refractivity contribution < 1.29 is 13.9 Å². The number of hydrogen-bond donors (Lipinski definition) is 1. The van der Waals surface area contributed by atoms with Gasteiger partial charge in [-0.15, -0.1) is 11.3 Å². The third-order valence-electron chi connectivity index (χ3n) is 4.96. The highest BCUT2D eigenvalue weighted by Gasteiger charge is 2.15. The van der Waals surface area contributed by atoms with E-state index in [0.717, 1.165) is 14.9 Å². The number of rotatable bonds is 5. The molecule has 8 nitrogen and oxygen atoms in total. The van der Waals surface area contributed by atoms with Gasteiger partial charge in [0.25, 0.3) is 11.5 Å². The standard InChI is InChI=1S/C24H16FN5O3S/c1-14-12-20(31)30(17-6-2-15(25)3-7-17)29-21(14)22(32)28-16-4-8-18(9-5-16)33-23-19-10-11-34-24(19)27-13-26-23/h2-13H,1H3,(H,28,32). The van der Waals surface area contributed by atoms with Crippen molar-refractivity contribution in [2.24, 2.45) is 0 Å². The summed E-state index contributed by atoms with van der Waals surface area (Å²) in [5.41, 5.74) is 0.939. The lowest BCUT2D eigenvalue weighted by Gasteiger charge is -2.11. The first-order valence-corrected chi connectivity index (χ1v) is 11.0. The quantitative estimate of drug-likeness (QED) is 0.396. The van der Waals surface area contributed by atoms with Gasteiger partial charge < -0.3 is 10.1 Å². The zero-order valence-corrected chi connectivity index (χ0v) is 18.5. The van der Waals surface area contributed by atoms with Gasteiger partial charge in [-0.3, -0.25) is 9.59 Å². The van der Waals surface area contributed by atoms with E-state index in [9.17, 15) is 14.0 Å². The van der Waals surface area contributed by atoms with Gasteiger partial charge in [-0.2, -0.15) is 9.78 Å². The molecule has 5 rings (SSSR count). The van der Waals surface area contributed by atoms with Gasteiger partial charge in [0.2, 0.25) is 5.88 Å². The first-order valence-electron chi connectivity index (χ1n) is 10.1. The zero-order valence-electron chi connectivity index (χ0n) is 17.7. The number of aromatic nitrogens is 4. The molecule has 3 aromatic heterocycles. The maximum absolute atomic E-state index is 13.2. The number of aryl methyl sites for hydroxylation is 1. The Morgan fingerprint density at radius 3 is 2.59 bits per heavy atom. The zero-order chi connectivity index (χ0) is 23.7. The number of carbonyl (C=O) groups excluding carboxylic acids is 1. The van der Waals surface area contributed by atoms with Gasteiger partial charge >= 0.3 is 0 Å². The van der Waals surface area contributed by atoms with Crippen LogP contribution in [0, 0.1) is 12.7 Å². The molecule has 0 spiro atoms. The predicted octanol–water partition coefficient (Wildman–Crippen LogP) is 4.73. The van der Waals surface area contributed by atoms with Crippen LogP contribution in [0.25, 0.3) is 15.9 Å². The topological polar surface area (TPSA) is 99.0 Å². The fourth-order valence-electron chi connectivity index (χ4n) is 3.29. The molecule has 0 unspecified atom stereocenters. The van der Waals surface area contributed by atoms with E-state index in [2.05, 4.69) is 20.4 Å². The number of ether oxygens (including phenoxy) is 1. The number of amides is 1. The van der Waals surface area contributed by atoms with Crippen molar-refractivity contribution in [3.8, 4) is 17.3 Å². The van der Waals surface area contributed by atoms with Crippen molar-refractivity contribution in [1.29, 1.82) is 0 Å². The summed E-state index contributed by atoms with van der Waals surface area (Å²) in [7, 11) is 0. The highest BCUT2D eigenvalue weighted by Crippen LogP contribution is 2.29. The number of benzene rings is 2. The van der Waals surface area contributed by atoms with Crippen LogP contribution in [0.1, 0.15) is 16.1 Å². The minimum atomic E-state index is -0.488. The summed E-state index contributed by atoms with van der Waals surface area (Å²) < 4.78 is 20.2. The van der Waals surface area contributed by atoms with Gasteiger partial charge in [-0.1, -0.05) is 0 Å². The number of hydrogen-bond acceptors (Lipinski definition) is 7. The van der Waals surface area contributed by atoms with Crippen molar-refractivity contribution in [2.75, 3.05) is 5.32 Å². The monoisotopic (exact) mass is 473 g/mol. The van der Waals surface area contributed by atoms with Crippen LogP contribution in [-0.4, -0.2) is 25.7 Å². The van der Waals surface area contributed by atoms with Gasteiger partial charge in [-0.05, 0) is 72.5 Å². The van der Waals surface area contributed by atoms with Gasteiger partial charge in [0.05, 0.1) is 11.1 Å². The molecule has 0 fully saturated rings. The molecular formula is C24H16FN5O3S. The largest absolute Gasteiger partial charge is 0.438 e. The van der Waals surface area contributed by atoms with E-state index < -0.39 is 17.3 Å². The Kier molecular flexibility index (Phi) is 5.56. The molecule has 0 aliphatic rings. The highest BCUT2D eigenvalue weighted by atomic mass is 32.1. The predicted molar refractivity (Wildman–Crippen MR) is 126 cm³/mol. The Morgan fingerprint density at radius 2 is 1.82 bits per heavy atom. The van der Waals surface area contributed by atoms with Crippen molar-refractivity contribution >= 4 is 33.1 Å². The molecule has 0 saturated carbocycles. The van der Waals surface area contributed by atoms with Crippen LogP contribution in [0.15, 0.2) is 77.2 Å². The normalized spacial score (nSPS) is 10.9. The third kappa shape index (κ3) is 4.26. The van der Waals surface area contributed by atoms with Gasteiger partial charge in [0, 0.05) is 11.8 Å². The smallest absolute Gasteiger partial charge is 0.276 e. The lowest BCUT2D eigenvalue weighted by molar-refractivity contribution is 0.102. The third-order valence-corrected chi connectivity index (χ3v) is 5.78. The van der Waals surface area contributed by atoms with E-state index in [4.69, 9.17) is 4.74 Å². The first kappa shape index (κ1) is 21.4. The number of fused-ring (bicyclic) bond motifs is 1. The van der Waals surface area contributed by atoms with Crippen LogP contribution in [0.2, 0.25) is 0 Å². The second-order valence-corrected chi connectivity index (χ2v) is 8.20. The van der Waals surface area contributed by atoms with Gasteiger partial charge in [0.15, 0.2) is 5.69 Å². The molecular weight excluding hydrogens is 457 g/mol. The van der Waals surface area contributed by atoms with E-state index in [1.54, 1.807) is 31.2 Å². The number of nitrogens with one attached hydrogen (secondary N) is 1. The van der Waals surface area contributed by atoms with Crippen LogP contribution in [-0.2, 0) is 0 Å². The maximum Gasteiger partial charge on any atom is 0.276 e. The summed E-state index contributed by atoms with van der Waals surface area (Å²) in [6.07, 6.45) is 1.45. The SMILES string of the molecule is Cc1cc(=O)n(-c2ccc(F)cc2)nc1C(=O)Nc1ccc(Oc2ncnc3sccc23)cc1. The maximum atomic E-state index is 13.2. The van der Waals surface area contributed by atoms with Crippen molar-refractivity contribution in [3.63, 3.8) is 0 Å². The molecule has 0 saturated heterocycles. The number of anilines is 1. The van der Waals surface area contributed by atoms with E-state index in [1.807, 2.05) is 11.4 Å². The summed E-state index contributed by atoms with van der Waals surface area (Å²) in [4.78, 5) is 34.5. The fourth-order valence-corrected chi connectivity index (χ4v) is 4.01. The Labute approximate surface area is 196 Å². The van der Waals surface area contributed by atoms with Gasteiger partial charge in [-0.25, -0.2) is 14.4 Å². The number of thiophene rings is 1. The summed E-state index contributed by atoms with van der Waals surface area (Å²) in [5, 5.41) is 9.70.